The van der Waals surface area contributed by atoms with Crippen molar-refractivity contribution in [2.75, 3.05) is 13.1 Å². The van der Waals surface area contributed by atoms with Gasteiger partial charge in [0, 0.05) is 18.0 Å². The Morgan fingerprint density at radius 2 is 1.92 bits per heavy atom. The Kier molecular flexibility index (Phi) is 4.71. The molecule has 0 saturated carbocycles. The number of benzene rings is 2. The van der Waals surface area contributed by atoms with Gasteiger partial charge in [-0.25, -0.2) is 0 Å². The van der Waals surface area contributed by atoms with Crippen LogP contribution in [0.4, 0.5) is 0 Å². The first-order chi connectivity index (χ1) is 12.7. The number of thiophene rings is 1. The van der Waals surface area contributed by atoms with Crippen LogP contribution < -0.4 is 5.32 Å². The third kappa shape index (κ3) is 3.48. The topological polar surface area (TPSA) is 49.4 Å². The molecule has 2 aromatic carbocycles. The molecule has 0 saturated heterocycles. The van der Waals surface area contributed by atoms with Crippen molar-refractivity contribution in [2.45, 2.75) is 19.4 Å². The quantitative estimate of drug-likeness (QED) is 0.773. The maximum atomic E-state index is 12.4. The lowest BCUT2D eigenvalue weighted by Gasteiger charge is -2.27. The fraction of sp³-hybridized carbons (Fsp3) is 0.238. The highest BCUT2D eigenvalue weighted by Gasteiger charge is 2.21. The van der Waals surface area contributed by atoms with Crippen LogP contribution in [-0.2, 0) is 29.0 Å². The number of rotatable bonds is 4. The van der Waals surface area contributed by atoms with Gasteiger partial charge in [0.25, 0.3) is 0 Å². The average Bonchev–Trinajstić information content (AvgIpc) is 3.14. The molecule has 1 N–H and O–H groups in total. The van der Waals surface area contributed by atoms with E-state index in [4.69, 9.17) is 0 Å². The minimum absolute atomic E-state index is 0.0203. The summed E-state index contributed by atoms with van der Waals surface area (Å²) in [6.07, 6.45) is 1.19. The van der Waals surface area contributed by atoms with Gasteiger partial charge in [-0.05, 0) is 39.8 Å². The van der Waals surface area contributed by atoms with Crippen LogP contribution in [0, 0.1) is 0 Å². The van der Waals surface area contributed by atoms with Gasteiger partial charge in [-0.2, -0.15) is 0 Å². The predicted molar refractivity (Wildman–Crippen MR) is 104 cm³/mol. The second kappa shape index (κ2) is 7.30. The van der Waals surface area contributed by atoms with E-state index >= 15 is 0 Å². The number of carbonyl (C=O) groups excluding carboxylic acids is 2. The summed E-state index contributed by atoms with van der Waals surface area (Å²) in [5.41, 5.74) is 2.21. The van der Waals surface area contributed by atoms with Crippen molar-refractivity contribution in [2.24, 2.45) is 0 Å². The minimum Gasteiger partial charge on any atom is -0.347 e. The number of carbonyl (C=O) groups is 2. The third-order valence-electron chi connectivity index (χ3n) is 4.83. The molecule has 1 aliphatic heterocycles. The Balaban J connectivity index is 1.35. The van der Waals surface area contributed by atoms with Crippen molar-refractivity contribution < 1.29 is 9.59 Å². The van der Waals surface area contributed by atoms with Gasteiger partial charge in [0.1, 0.15) is 0 Å². The van der Waals surface area contributed by atoms with Crippen LogP contribution in [0.2, 0.25) is 0 Å². The largest absolute Gasteiger partial charge is 0.347 e. The fourth-order valence-electron chi connectivity index (χ4n) is 3.43. The highest BCUT2D eigenvalue weighted by Crippen LogP contribution is 2.24. The van der Waals surface area contributed by atoms with Gasteiger partial charge in [0.15, 0.2) is 0 Å². The van der Waals surface area contributed by atoms with Crippen LogP contribution in [0.15, 0.2) is 53.9 Å². The molecule has 0 atom stereocenters. The third-order valence-corrected chi connectivity index (χ3v) is 5.85. The molecule has 0 fully saturated rings. The van der Waals surface area contributed by atoms with Crippen LogP contribution in [-0.4, -0.2) is 29.8 Å². The van der Waals surface area contributed by atoms with E-state index in [-0.39, 0.29) is 24.8 Å². The van der Waals surface area contributed by atoms with Crippen LogP contribution in [0.1, 0.15) is 16.0 Å². The summed E-state index contributed by atoms with van der Waals surface area (Å²) in [6.45, 7) is 1.44. The van der Waals surface area contributed by atoms with Gasteiger partial charge >= 0.3 is 0 Å². The second-order valence-corrected chi connectivity index (χ2v) is 7.53. The fourth-order valence-corrected chi connectivity index (χ4v) is 4.32. The Bertz CT molecular complexity index is 958. The summed E-state index contributed by atoms with van der Waals surface area (Å²) in [6, 6.07) is 16.1. The first-order valence-electron chi connectivity index (χ1n) is 8.77. The molecule has 3 aromatic rings. The number of nitrogens with one attached hydrogen (secondary N) is 1. The van der Waals surface area contributed by atoms with E-state index in [1.807, 2.05) is 47.4 Å². The molecule has 0 spiro atoms. The van der Waals surface area contributed by atoms with E-state index in [2.05, 4.69) is 16.8 Å². The summed E-state index contributed by atoms with van der Waals surface area (Å²) < 4.78 is 0. The summed E-state index contributed by atoms with van der Waals surface area (Å²) in [5.74, 6) is -0.143. The summed E-state index contributed by atoms with van der Waals surface area (Å²) in [5, 5.41) is 7.06. The number of nitrogens with zero attached hydrogens (tertiary/aromatic N) is 1. The zero-order valence-electron chi connectivity index (χ0n) is 14.4. The standard InChI is InChI=1S/C21H20N2O2S/c24-20(12-16-6-3-5-15-4-1-2-7-18(15)16)22-13-21(25)23-10-8-19-17(14-23)9-11-26-19/h1-7,9,11H,8,10,12-14H2,(H,22,24). The second-order valence-electron chi connectivity index (χ2n) is 6.53. The Morgan fingerprint density at radius 1 is 1.08 bits per heavy atom. The number of fused-ring (bicyclic) bond motifs is 2. The lowest BCUT2D eigenvalue weighted by Crippen LogP contribution is -2.42. The van der Waals surface area contributed by atoms with E-state index in [0.29, 0.717) is 6.54 Å². The lowest BCUT2D eigenvalue weighted by molar-refractivity contribution is -0.133. The molecule has 4 nitrogen and oxygen atoms in total. The zero-order valence-corrected chi connectivity index (χ0v) is 15.2. The number of hydrogen-bond acceptors (Lipinski definition) is 3. The summed E-state index contributed by atoms with van der Waals surface area (Å²) in [7, 11) is 0. The Morgan fingerprint density at radius 3 is 2.85 bits per heavy atom. The Hall–Kier alpha value is -2.66. The SMILES string of the molecule is O=C(Cc1cccc2ccccc12)NCC(=O)N1CCc2sccc2C1. The van der Waals surface area contributed by atoms with Crippen LogP contribution in [0.5, 0.6) is 0 Å². The molecule has 0 radical (unpaired) electrons. The van der Waals surface area contributed by atoms with Crippen LogP contribution in [0.25, 0.3) is 10.8 Å². The highest BCUT2D eigenvalue weighted by atomic mass is 32.1. The molecule has 132 valence electrons. The molecule has 1 aliphatic rings. The first kappa shape index (κ1) is 16.8. The average molecular weight is 364 g/mol. The molecule has 1 aromatic heterocycles. The molecule has 4 rings (SSSR count). The number of hydrogen-bond donors (Lipinski definition) is 1. The molecular formula is C21H20N2O2S. The molecule has 2 heterocycles. The molecule has 0 unspecified atom stereocenters. The van der Waals surface area contributed by atoms with Crippen molar-refractivity contribution in [1.82, 2.24) is 10.2 Å². The van der Waals surface area contributed by atoms with Crippen molar-refractivity contribution in [1.29, 1.82) is 0 Å². The van der Waals surface area contributed by atoms with Crippen LogP contribution in [0.3, 0.4) is 0 Å². The maximum Gasteiger partial charge on any atom is 0.242 e. The molecule has 2 amide bonds. The molecule has 0 aliphatic carbocycles. The van der Waals surface area contributed by atoms with E-state index in [9.17, 15) is 9.59 Å². The maximum absolute atomic E-state index is 12.4. The molecular weight excluding hydrogens is 344 g/mol. The van der Waals surface area contributed by atoms with E-state index in [1.54, 1.807) is 11.3 Å². The minimum atomic E-state index is -0.122. The summed E-state index contributed by atoms with van der Waals surface area (Å²) in [4.78, 5) is 27.9. The van der Waals surface area contributed by atoms with Gasteiger partial charge in [-0.15, -0.1) is 11.3 Å². The molecule has 26 heavy (non-hydrogen) atoms. The van der Waals surface area contributed by atoms with Gasteiger partial charge in [-0.1, -0.05) is 42.5 Å². The van der Waals surface area contributed by atoms with Gasteiger partial charge < -0.3 is 10.2 Å². The van der Waals surface area contributed by atoms with Gasteiger partial charge in [0.05, 0.1) is 13.0 Å². The smallest absolute Gasteiger partial charge is 0.242 e. The van der Waals surface area contributed by atoms with Crippen molar-refractivity contribution in [3.05, 3.63) is 69.9 Å². The number of amides is 2. The van der Waals surface area contributed by atoms with Gasteiger partial charge in [-0.3, -0.25) is 9.59 Å². The lowest BCUT2D eigenvalue weighted by atomic mass is 10.0. The van der Waals surface area contributed by atoms with E-state index in [1.165, 1.54) is 10.4 Å². The van der Waals surface area contributed by atoms with E-state index < -0.39 is 0 Å². The Labute approximate surface area is 156 Å². The summed E-state index contributed by atoms with van der Waals surface area (Å²) >= 11 is 1.75. The normalized spacial score (nSPS) is 13.5. The first-order valence-corrected chi connectivity index (χ1v) is 9.65. The zero-order chi connectivity index (χ0) is 17.9. The molecule has 0 bridgehead atoms. The molecule has 5 heteroatoms. The van der Waals surface area contributed by atoms with Crippen molar-refractivity contribution in [3.63, 3.8) is 0 Å². The monoisotopic (exact) mass is 364 g/mol. The predicted octanol–water partition coefficient (Wildman–Crippen LogP) is 3.14. The van der Waals surface area contributed by atoms with E-state index in [0.717, 1.165) is 29.3 Å². The van der Waals surface area contributed by atoms with Crippen molar-refractivity contribution in [3.8, 4) is 0 Å². The van der Waals surface area contributed by atoms with Crippen molar-refractivity contribution >= 4 is 33.9 Å². The highest BCUT2D eigenvalue weighted by molar-refractivity contribution is 7.10. The van der Waals surface area contributed by atoms with Crippen LogP contribution >= 0.6 is 11.3 Å². The van der Waals surface area contributed by atoms with Gasteiger partial charge in [0.2, 0.25) is 11.8 Å².